The van der Waals surface area contributed by atoms with Crippen LogP contribution in [0.1, 0.15) is 88.3 Å². The smallest absolute Gasteiger partial charge is 0.290 e. The van der Waals surface area contributed by atoms with Gasteiger partial charge in [-0.05, 0) is 63.2 Å². The summed E-state index contributed by atoms with van der Waals surface area (Å²) in [6.07, 6.45) is 17.2. The summed E-state index contributed by atoms with van der Waals surface area (Å²) in [5.41, 5.74) is 2.02. The van der Waals surface area contributed by atoms with Crippen molar-refractivity contribution in [3.8, 4) is 0 Å². The minimum Gasteiger partial charge on any atom is -0.408 e. The molecule has 0 atom stereocenters. The highest BCUT2D eigenvalue weighted by atomic mass is 32.2. The monoisotopic (exact) mass is 390 g/mol. The molecule has 1 aromatic heterocycles. The Kier molecular flexibility index (Phi) is 6.80. The molecule has 150 valence electrons. The van der Waals surface area contributed by atoms with Gasteiger partial charge in [0.05, 0.1) is 5.69 Å². The van der Waals surface area contributed by atoms with Crippen LogP contribution in [-0.2, 0) is 12.8 Å². The van der Waals surface area contributed by atoms with E-state index in [1.807, 2.05) is 0 Å². The van der Waals surface area contributed by atoms with E-state index in [-0.39, 0.29) is 5.56 Å². The van der Waals surface area contributed by atoms with Gasteiger partial charge in [-0.25, -0.2) is 4.98 Å². The third kappa shape index (κ3) is 4.90. The highest BCUT2D eigenvalue weighted by molar-refractivity contribution is 7.99. The third-order valence-electron chi connectivity index (χ3n) is 6.62. The SMILES string of the molecule is O=c1c2c(nc(SCC3CCCCC3)n1OCC1CCCCC1)CCCC2. The highest BCUT2D eigenvalue weighted by Crippen LogP contribution is 2.30. The van der Waals surface area contributed by atoms with E-state index < -0.39 is 0 Å². The lowest BCUT2D eigenvalue weighted by Crippen LogP contribution is -2.36. The number of hydrogen-bond acceptors (Lipinski definition) is 4. The van der Waals surface area contributed by atoms with Gasteiger partial charge in [0.1, 0.15) is 6.61 Å². The topological polar surface area (TPSA) is 44.1 Å². The van der Waals surface area contributed by atoms with E-state index in [1.54, 1.807) is 16.5 Å². The molecule has 3 aliphatic rings. The summed E-state index contributed by atoms with van der Waals surface area (Å²) in [6, 6.07) is 0. The number of aromatic nitrogens is 2. The molecule has 0 unspecified atom stereocenters. The van der Waals surface area contributed by atoms with E-state index in [9.17, 15) is 4.79 Å². The molecule has 0 bridgehead atoms. The van der Waals surface area contributed by atoms with Gasteiger partial charge in [-0.1, -0.05) is 50.3 Å². The van der Waals surface area contributed by atoms with E-state index in [0.29, 0.717) is 12.5 Å². The summed E-state index contributed by atoms with van der Waals surface area (Å²) >= 11 is 1.75. The third-order valence-corrected chi connectivity index (χ3v) is 7.78. The van der Waals surface area contributed by atoms with Crippen LogP contribution in [0.3, 0.4) is 0 Å². The van der Waals surface area contributed by atoms with Gasteiger partial charge < -0.3 is 4.84 Å². The Balaban J connectivity index is 1.51. The molecule has 3 aliphatic carbocycles. The first-order chi connectivity index (χ1) is 13.3. The summed E-state index contributed by atoms with van der Waals surface area (Å²) in [5, 5.41) is 0.807. The molecule has 2 saturated carbocycles. The molecule has 0 saturated heterocycles. The number of fused-ring (bicyclic) bond motifs is 1. The van der Waals surface area contributed by atoms with E-state index in [1.165, 1.54) is 64.2 Å². The average Bonchev–Trinajstić information content (AvgIpc) is 2.73. The second kappa shape index (κ2) is 9.49. The zero-order valence-corrected chi connectivity index (χ0v) is 17.4. The van der Waals surface area contributed by atoms with Crippen molar-refractivity contribution < 1.29 is 4.84 Å². The predicted octanol–water partition coefficient (Wildman–Crippen LogP) is 4.80. The van der Waals surface area contributed by atoms with Gasteiger partial charge in [0, 0.05) is 11.3 Å². The molecular weight excluding hydrogens is 356 g/mol. The molecule has 0 aliphatic heterocycles. The van der Waals surface area contributed by atoms with Crippen LogP contribution in [0.2, 0.25) is 0 Å². The number of hydrogen-bond donors (Lipinski definition) is 0. The van der Waals surface area contributed by atoms with Gasteiger partial charge in [-0.2, -0.15) is 0 Å². The Labute approximate surface area is 167 Å². The standard InChI is InChI=1S/C22H34N2O2S/c25-21-19-13-7-8-14-20(19)23-22(27-16-18-11-5-2-6-12-18)24(21)26-15-17-9-3-1-4-10-17/h17-18H,1-16H2. The van der Waals surface area contributed by atoms with Crippen LogP contribution >= 0.6 is 11.8 Å². The molecule has 0 N–H and O–H groups in total. The number of thioether (sulfide) groups is 1. The molecule has 4 rings (SSSR count). The fourth-order valence-corrected chi connectivity index (χ4v) is 6.04. The first-order valence-electron chi connectivity index (χ1n) is 11.2. The summed E-state index contributed by atoms with van der Waals surface area (Å²) in [5.74, 6) is 2.43. The minimum atomic E-state index is 0.0710. The zero-order chi connectivity index (χ0) is 18.5. The van der Waals surface area contributed by atoms with Gasteiger partial charge in [-0.15, -0.1) is 4.73 Å². The maximum atomic E-state index is 13.1. The normalized spacial score (nSPS) is 21.8. The predicted molar refractivity (Wildman–Crippen MR) is 110 cm³/mol. The minimum absolute atomic E-state index is 0.0710. The molecular formula is C22H34N2O2S. The Morgan fingerprint density at radius 2 is 1.56 bits per heavy atom. The molecule has 27 heavy (non-hydrogen) atoms. The Morgan fingerprint density at radius 1 is 0.889 bits per heavy atom. The Hall–Kier alpha value is -0.970. The molecule has 2 fully saturated rings. The first kappa shape index (κ1) is 19.4. The van der Waals surface area contributed by atoms with E-state index >= 15 is 0 Å². The van der Waals surface area contributed by atoms with E-state index in [0.717, 1.165) is 53.8 Å². The van der Waals surface area contributed by atoms with Gasteiger partial charge in [-0.3, -0.25) is 4.79 Å². The lowest BCUT2D eigenvalue weighted by atomic mass is 9.90. The molecule has 1 aromatic rings. The van der Waals surface area contributed by atoms with Crippen molar-refractivity contribution in [2.75, 3.05) is 12.4 Å². The fraction of sp³-hybridized carbons (Fsp3) is 0.818. The van der Waals surface area contributed by atoms with Crippen molar-refractivity contribution >= 4 is 11.8 Å². The van der Waals surface area contributed by atoms with Gasteiger partial charge in [0.15, 0.2) is 0 Å². The second-order valence-electron chi connectivity index (χ2n) is 8.74. The van der Waals surface area contributed by atoms with Crippen molar-refractivity contribution in [3.63, 3.8) is 0 Å². The Morgan fingerprint density at radius 3 is 2.30 bits per heavy atom. The van der Waals surface area contributed by atoms with Crippen LogP contribution in [0.4, 0.5) is 0 Å². The average molecular weight is 391 g/mol. The molecule has 0 amide bonds. The fourth-order valence-electron chi connectivity index (χ4n) is 4.90. The molecule has 0 spiro atoms. The molecule has 0 aromatic carbocycles. The van der Waals surface area contributed by atoms with Crippen LogP contribution in [-0.4, -0.2) is 22.1 Å². The summed E-state index contributed by atoms with van der Waals surface area (Å²) < 4.78 is 1.58. The first-order valence-corrected chi connectivity index (χ1v) is 12.2. The van der Waals surface area contributed by atoms with Crippen LogP contribution in [0.15, 0.2) is 9.95 Å². The van der Waals surface area contributed by atoms with E-state index in [2.05, 4.69) is 0 Å². The van der Waals surface area contributed by atoms with Crippen LogP contribution in [0.5, 0.6) is 0 Å². The van der Waals surface area contributed by atoms with Crippen molar-refractivity contribution in [1.29, 1.82) is 0 Å². The van der Waals surface area contributed by atoms with Crippen LogP contribution in [0, 0.1) is 11.8 Å². The van der Waals surface area contributed by atoms with Gasteiger partial charge >= 0.3 is 0 Å². The number of rotatable bonds is 6. The van der Waals surface area contributed by atoms with Crippen molar-refractivity contribution in [3.05, 3.63) is 21.6 Å². The summed E-state index contributed by atoms with van der Waals surface area (Å²) in [7, 11) is 0. The Bertz CT molecular complexity index is 676. The highest BCUT2D eigenvalue weighted by Gasteiger charge is 2.23. The largest absolute Gasteiger partial charge is 0.408 e. The zero-order valence-electron chi connectivity index (χ0n) is 16.6. The van der Waals surface area contributed by atoms with Crippen molar-refractivity contribution in [1.82, 2.24) is 9.71 Å². The van der Waals surface area contributed by atoms with Crippen LogP contribution < -0.4 is 10.4 Å². The lowest BCUT2D eigenvalue weighted by Gasteiger charge is -2.25. The maximum Gasteiger partial charge on any atom is 0.290 e. The number of aryl methyl sites for hydroxylation is 1. The van der Waals surface area contributed by atoms with Crippen molar-refractivity contribution in [2.45, 2.75) is 95.0 Å². The van der Waals surface area contributed by atoms with E-state index in [4.69, 9.17) is 9.82 Å². The quantitative estimate of drug-likeness (QED) is 0.517. The van der Waals surface area contributed by atoms with Crippen LogP contribution in [0.25, 0.3) is 0 Å². The second-order valence-corrected chi connectivity index (χ2v) is 9.73. The van der Waals surface area contributed by atoms with Crippen molar-refractivity contribution in [2.24, 2.45) is 11.8 Å². The molecule has 1 heterocycles. The molecule has 5 heteroatoms. The maximum absolute atomic E-state index is 13.1. The van der Waals surface area contributed by atoms with Gasteiger partial charge in [0.2, 0.25) is 5.16 Å². The molecule has 0 radical (unpaired) electrons. The lowest BCUT2D eigenvalue weighted by molar-refractivity contribution is 0.0424. The van der Waals surface area contributed by atoms with Gasteiger partial charge in [0.25, 0.3) is 5.56 Å². The number of nitrogens with zero attached hydrogens (tertiary/aromatic N) is 2. The summed E-state index contributed by atoms with van der Waals surface area (Å²) in [4.78, 5) is 24.2. The summed E-state index contributed by atoms with van der Waals surface area (Å²) in [6.45, 7) is 0.664. The molecule has 4 nitrogen and oxygen atoms in total.